The summed E-state index contributed by atoms with van der Waals surface area (Å²) < 4.78 is 10.8. The number of benzene rings is 2. The lowest BCUT2D eigenvalue weighted by Crippen LogP contribution is -2.33. The van der Waals surface area contributed by atoms with Crippen molar-refractivity contribution < 1.29 is 33.8 Å². The van der Waals surface area contributed by atoms with Crippen LogP contribution >= 0.6 is 11.8 Å². The number of amides is 2. The number of hydrogen-bond acceptors (Lipinski definition) is 7. The molecule has 1 aliphatic heterocycles. The van der Waals surface area contributed by atoms with Crippen molar-refractivity contribution in [3.63, 3.8) is 0 Å². The van der Waals surface area contributed by atoms with E-state index >= 15 is 0 Å². The lowest BCUT2D eigenvalue weighted by Gasteiger charge is -2.13. The quantitative estimate of drug-likeness (QED) is 0.465. The highest BCUT2D eigenvalue weighted by Gasteiger charge is 2.36. The number of carbonyl (C=O) groups is 4. The van der Waals surface area contributed by atoms with Crippen LogP contribution in [-0.2, 0) is 9.59 Å². The highest BCUT2D eigenvalue weighted by atomic mass is 32.2. The van der Waals surface area contributed by atoms with Gasteiger partial charge in [0.2, 0.25) is 0 Å². The molecule has 0 bridgehead atoms. The molecule has 0 unspecified atom stereocenters. The topological polar surface area (TPSA) is 110 Å². The molecule has 160 valence electrons. The summed E-state index contributed by atoms with van der Waals surface area (Å²) in [6, 6.07) is 13.3. The zero-order valence-corrected chi connectivity index (χ0v) is 17.4. The van der Waals surface area contributed by atoms with Gasteiger partial charge in [-0.2, -0.15) is 0 Å². The van der Waals surface area contributed by atoms with Gasteiger partial charge in [0.25, 0.3) is 11.1 Å². The molecule has 1 heterocycles. The first-order valence-corrected chi connectivity index (χ1v) is 10.2. The van der Waals surface area contributed by atoms with Crippen LogP contribution in [0.1, 0.15) is 22.8 Å². The van der Waals surface area contributed by atoms with E-state index < -0.39 is 23.7 Å². The Morgan fingerprint density at radius 2 is 1.81 bits per heavy atom. The van der Waals surface area contributed by atoms with Gasteiger partial charge in [0, 0.05) is 11.1 Å². The maximum Gasteiger partial charge on any atom is 0.341 e. The molecule has 31 heavy (non-hydrogen) atoms. The van der Waals surface area contributed by atoms with Crippen LogP contribution < -0.4 is 9.47 Å². The van der Waals surface area contributed by atoms with Gasteiger partial charge >= 0.3 is 5.97 Å². The predicted octanol–water partition coefficient (Wildman–Crippen LogP) is 3.47. The van der Waals surface area contributed by atoms with E-state index in [1.165, 1.54) is 6.08 Å². The summed E-state index contributed by atoms with van der Waals surface area (Å²) in [5.41, 5.74) is 0.784. The predicted molar refractivity (Wildman–Crippen MR) is 114 cm³/mol. The minimum atomic E-state index is -1.17. The van der Waals surface area contributed by atoms with Crippen molar-refractivity contribution in [2.24, 2.45) is 0 Å². The van der Waals surface area contributed by atoms with E-state index in [-0.39, 0.29) is 23.0 Å². The zero-order chi connectivity index (χ0) is 22.4. The lowest BCUT2D eigenvalue weighted by molar-refractivity contribution is -0.139. The van der Waals surface area contributed by atoms with Crippen LogP contribution in [0.4, 0.5) is 4.79 Å². The van der Waals surface area contributed by atoms with Crippen LogP contribution in [0.3, 0.4) is 0 Å². The van der Waals surface area contributed by atoms with Gasteiger partial charge in [0.1, 0.15) is 0 Å². The average molecular weight is 441 g/mol. The van der Waals surface area contributed by atoms with Gasteiger partial charge in [-0.05, 0) is 30.8 Å². The van der Waals surface area contributed by atoms with E-state index in [0.717, 1.165) is 4.90 Å². The number of ether oxygens (including phenoxy) is 2. The third-order valence-corrected chi connectivity index (χ3v) is 5.11. The molecule has 0 spiro atoms. The SMILES string of the molecule is CCOc1cccc(/C=C2\SC(=O)N(CC(=O)c3ccccc3)C2=O)c1OCC(=O)O. The fourth-order valence-corrected chi connectivity index (χ4v) is 3.67. The Morgan fingerprint density at radius 3 is 2.48 bits per heavy atom. The van der Waals surface area contributed by atoms with Crippen LogP contribution in [0, 0.1) is 0 Å². The molecule has 0 aliphatic carbocycles. The van der Waals surface area contributed by atoms with Crippen molar-refractivity contribution >= 4 is 40.7 Å². The van der Waals surface area contributed by atoms with Crippen molar-refractivity contribution in [1.82, 2.24) is 4.90 Å². The average Bonchev–Trinajstić information content (AvgIpc) is 3.01. The number of carboxylic acid groups (broad SMARTS) is 1. The Morgan fingerprint density at radius 1 is 1.06 bits per heavy atom. The second-order valence-electron chi connectivity index (χ2n) is 6.35. The molecule has 1 fully saturated rings. The fraction of sp³-hybridized carbons (Fsp3) is 0.182. The lowest BCUT2D eigenvalue weighted by atomic mass is 10.1. The normalized spacial score (nSPS) is 14.7. The second-order valence-corrected chi connectivity index (χ2v) is 7.34. The third-order valence-electron chi connectivity index (χ3n) is 4.21. The van der Waals surface area contributed by atoms with Gasteiger partial charge in [0.05, 0.1) is 18.1 Å². The number of rotatable bonds is 9. The molecule has 1 aliphatic rings. The highest BCUT2D eigenvalue weighted by Crippen LogP contribution is 2.37. The van der Waals surface area contributed by atoms with Crippen LogP contribution in [0.25, 0.3) is 6.08 Å². The summed E-state index contributed by atoms with van der Waals surface area (Å²) in [6.07, 6.45) is 1.43. The van der Waals surface area contributed by atoms with Gasteiger partial charge in [-0.15, -0.1) is 0 Å². The number of hydrogen-bond donors (Lipinski definition) is 1. The third kappa shape index (κ3) is 5.32. The van der Waals surface area contributed by atoms with Crippen molar-refractivity contribution in [1.29, 1.82) is 0 Å². The number of para-hydroxylation sites is 1. The molecule has 0 saturated carbocycles. The molecular weight excluding hydrogens is 422 g/mol. The maximum absolute atomic E-state index is 12.8. The first kappa shape index (κ1) is 22.1. The minimum Gasteiger partial charge on any atom is -0.490 e. The summed E-state index contributed by atoms with van der Waals surface area (Å²) in [7, 11) is 0. The molecule has 0 aromatic heterocycles. The molecule has 1 saturated heterocycles. The van der Waals surface area contributed by atoms with Crippen molar-refractivity contribution in [2.45, 2.75) is 6.92 Å². The molecule has 2 aromatic rings. The van der Waals surface area contributed by atoms with Crippen molar-refractivity contribution in [3.05, 3.63) is 64.6 Å². The highest BCUT2D eigenvalue weighted by molar-refractivity contribution is 8.18. The van der Waals surface area contributed by atoms with Crippen molar-refractivity contribution in [3.8, 4) is 11.5 Å². The van der Waals surface area contributed by atoms with Crippen LogP contribution in [0.2, 0.25) is 0 Å². The minimum absolute atomic E-state index is 0.0969. The molecular formula is C22H19NO7S. The monoisotopic (exact) mass is 441 g/mol. The van der Waals surface area contributed by atoms with Crippen LogP contribution in [-0.4, -0.2) is 52.7 Å². The number of thioether (sulfide) groups is 1. The largest absolute Gasteiger partial charge is 0.490 e. The summed E-state index contributed by atoms with van der Waals surface area (Å²) in [6.45, 7) is 1.12. The molecule has 3 rings (SSSR count). The van der Waals surface area contributed by atoms with E-state index in [2.05, 4.69) is 0 Å². The van der Waals surface area contributed by atoms with E-state index in [0.29, 0.717) is 35.2 Å². The van der Waals surface area contributed by atoms with E-state index in [4.69, 9.17) is 14.6 Å². The summed E-state index contributed by atoms with van der Waals surface area (Å²) >= 11 is 0.700. The number of ketones is 1. The standard InChI is InChI=1S/C22H19NO7S/c1-2-29-17-10-6-9-15(20(17)30-13-19(25)26)11-18-21(27)23(22(28)31-18)12-16(24)14-7-4-3-5-8-14/h3-11H,2,12-13H2,1H3,(H,25,26)/b18-11-. The van der Waals surface area contributed by atoms with E-state index in [1.807, 2.05) is 0 Å². The molecule has 2 amide bonds. The fourth-order valence-electron chi connectivity index (χ4n) is 2.84. The Balaban J connectivity index is 1.86. The number of carboxylic acids is 1. The second kappa shape index (κ2) is 9.94. The molecule has 8 nitrogen and oxygen atoms in total. The van der Waals surface area contributed by atoms with E-state index in [9.17, 15) is 19.2 Å². The van der Waals surface area contributed by atoms with Gasteiger partial charge in [-0.1, -0.05) is 42.5 Å². The molecule has 0 atom stereocenters. The summed E-state index contributed by atoms with van der Waals surface area (Å²) in [4.78, 5) is 49.5. The van der Waals surface area contributed by atoms with E-state index in [1.54, 1.807) is 55.5 Å². The first-order chi connectivity index (χ1) is 14.9. The summed E-state index contributed by atoms with van der Waals surface area (Å²) in [5, 5.41) is 8.38. The first-order valence-electron chi connectivity index (χ1n) is 9.34. The maximum atomic E-state index is 12.8. The smallest absolute Gasteiger partial charge is 0.341 e. The number of imide groups is 1. The Hall–Kier alpha value is -3.59. The number of aliphatic carboxylic acids is 1. The number of Topliss-reactive ketones (excluding diaryl/α,β-unsaturated/α-hetero) is 1. The number of carbonyl (C=O) groups excluding carboxylic acids is 3. The Kier molecular flexibility index (Phi) is 7.09. The van der Waals surface area contributed by atoms with Gasteiger partial charge in [-0.25, -0.2) is 4.79 Å². The molecule has 9 heteroatoms. The van der Waals surface area contributed by atoms with Crippen LogP contribution in [0.15, 0.2) is 53.4 Å². The number of nitrogens with zero attached hydrogens (tertiary/aromatic N) is 1. The summed E-state index contributed by atoms with van der Waals surface area (Å²) in [5.74, 6) is -1.66. The van der Waals surface area contributed by atoms with Gasteiger partial charge in [-0.3, -0.25) is 19.3 Å². The Bertz CT molecular complexity index is 1050. The van der Waals surface area contributed by atoms with Gasteiger partial charge < -0.3 is 14.6 Å². The zero-order valence-electron chi connectivity index (χ0n) is 16.6. The molecule has 1 N–H and O–H groups in total. The molecule has 0 radical (unpaired) electrons. The Labute approximate surface area is 182 Å². The van der Waals surface area contributed by atoms with Crippen molar-refractivity contribution in [2.75, 3.05) is 19.8 Å². The molecule has 2 aromatic carbocycles. The van der Waals surface area contributed by atoms with Gasteiger partial charge in [0.15, 0.2) is 23.9 Å². The van der Waals surface area contributed by atoms with Crippen LogP contribution in [0.5, 0.6) is 11.5 Å².